The molecule has 0 aliphatic carbocycles. The molecule has 0 spiro atoms. The van der Waals surface area contributed by atoms with Crippen LogP contribution < -0.4 is 5.01 Å². The Balaban J connectivity index is 2.04. The third-order valence-corrected chi connectivity index (χ3v) is 3.91. The van der Waals surface area contributed by atoms with E-state index in [2.05, 4.69) is 0 Å². The predicted octanol–water partition coefficient (Wildman–Crippen LogP) is 5.25. The Labute approximate surface area is 159 Å². The summed E-state index contributed by atoms with van der Waals surface area (Å²) >= 11 is 0. The van der Waals surface area contributed by atoms with Crippen molar-refractivity contribution in [1.29, 1.82) is 0 Å². The van der Waals surface area contributed by atoms with Crippen LogP contribution in [0.2, 0.25) is 0 Å². The smallest absolute Gasteiger partial charge is 0.434 e. The summed E-state index contributed by atoms with van der Waals surface area (Å²) in [6, 6.07) is 11.8. The van der Waals surface area contributed by atoms with Crippen molar-refractivity contribution in [3.05, 3.63) is 42.0 Å². The number of benzene rings is 2. The number of rotatable bonds is 0. The van der Waals surface area contributed by atoms with E-state index in [1.54, 1.807) is 41.5 Å². The lowest BCUT2D eigenvalue weighted by molar-refractivity contribution is 0.0142. The number of nitrogens with zero attached hydrogens (tertiary/aromatic N) is 2. The molecular weight excluding hydrogens is 344 g/mol. The molecule has 27 heavy (non-hydrogen) atoms. The van der Waals surface area contributed by atoms with Gasteiger partial charge in [0.05, 0.1) is 12.2 Å². The summed E-state index contributed by atoms with van der Waals surface area (Å²) in [4.78, 5) is 25.7. The predicted molar refractivity (Wildman–Crippen MR) is 104 cm³/mol. The standard InChI is InChI=1S/C21H26N2O4/c1-20(2,3)26-18(24)22-13-16-11-14-9-7-8-10-15(14)12-17(16)23(22)19(25)27-21(4,5)6/h7-12H,13H2,1-6H3. The van der Waals surface area contributed by atoms with Crippen LogP contribution >= 0.6 is 0 Å². The molecule has 2 amide bonds. The van der Waals surface area contributed by atoms with Gasteiger partial charge in [0.25, 0.3) is 0 Å². The fraction of sp³-hybridized carbons (Fsp3) is 0.429. The average molecular weight is 370 g/mol. The summed E-state index contributed by atoms with van der Waals surface area (Å²) in [5.74, 6) is 0. The van der Waals surface area contributed by atoms with E-state index in [0.717, 1.165) is 16.3 Å². The molecule has 0 N–H and O–H groups in total. The second-order valence-corrected chi connectivity index (χ2v) is 8.66. The molecule has 0 aromatic heterocycles. The average Bonchev–Trinajstić information content (AvgIpc) is 2.88. The van der Waals surface area contributed by atoms with Gasteiger partial charge in [-0.25, -0.2) is 14.6 Å². The quantitative estimate of drug-likeness (QED) is 0.636. The first kappa shape index (κ1) is 19.0. The van der Waals surface area contributed by atoms with Crippen LogP contribution in [0.4, 0.5) is 15.3 Å². The number of hydrazine groups is 1. The minimum absolute atomic E-state index is 0.244. The SMILES string of the molecule is CC(C)(C)OC(=O)N1Cc2cc3ccccc3cc2N1C(=O)OC(C)(C)C. The van der Waals surface area contributed by atoms with Gasteiger partial charge in [-0.2, -0.15) is 5.01 Å². The molecule has 0 saturated carbocycles. The summed E-state index contributed by atoms with van der Waals surface area (Å²) in [6.07, 6.45) is -1.20. The highest BCUT2D eigenvalue weighted by molar-refractivity contribution is 5.98. The van der Waals surface area contributed by atoms with Crippen LogP contribution in [0.5, 0.6) is 0 Å². The lowest BCUT2D eigenvalue weighted by Crippen LogP contribution is -2.49. The summed E-state index contributed by atoms with van der Waals surface area (Å²) in [7, 11) is 0. The minimum atomic E-state index is -0.684. The zero-order valence-electron chi connectivity index (χ0n) is 16.7. The van der Waals surface area contributed by atoms with Gasteiger partial charge in [-0.1, -0.05) is 24.3 Å². The van der Waals surface area contributed by atoms with E-state index in [4.69, 9.17) is 9.47 Å². The van der Waals surface area contributed by atoms with Crippen molar-refractivity contribution in [3.8, 4) is 0 Å². The number of carbonyl (C=O) groups is 2. The summed E-state index contributed by atoms with van der Waals surface area (Å²) < 4.78 is 11.0. The third-order valence-electron chi connectivity index (χ3n) is 3.91. The molecule has 1 aliphatic rings. The number of anilines is 1. The topological polar surface area (TPSA) is 59.1 Å². The Hall–Kier alpha value is -2.76. The Kier molecular flexibility index (Phi) is 4.54. The normalized spacial score (nSPS) is 14.3. The summed E-state index contributed by atoms with van der Waals surface area (Å²) in [6.45, 7) is 11.0. The molecule has 0 saturated heterocycles. The zero-order chi connectivity index (χ0) is 20.0. The number of fused-ring (bicyclic) bond motifs is 2. The van der Waals surface area contributed by atoms with Crippen molar-refractivity contribution in [2.45, 2.75) is 59.3 Å². The van der Waals surface area contributed by atoms with Gasteiger partial charge >= 0.3 is 12.2 Å². The van der Waals surface area contributed by atoms with E-state index in [0.29, 0.717) is 5.69 Å². The van der Waals surface area contributed by atoms with Crippen molar-refractivity contribution in [1.82, 2.24) is 5.01 Å². The van der Waals surface area contributed by atoms with Gasteiger partial charge in [0.1, 0.15) is 11.2 Å². The molecule has 3 rings (SSSR count). The lowest BCUT2D eigenvalue weighted by Gasteiger charge is -2.32. The van der Waals surface area contributed by atoms with Gasteiger partial charge in [0, 0.05) is 5.56 Å². The highest BCUT2D eigenvalue weighted by Crippen LogP contribution is 2.36. The van der Waals surface area contributed by atoms with Gasteiger partial charge < -0.3 is 9.47 Å². The fourth-order valence-electron chi connectivity index (χ4n) is 2.92. The lowest BCUT2D eigenvalue weighted by atomic mass is 10.1. The Bertz CT molecular complexity index is 893. The number of hydrogen-bond donors (Lipinski definition) is 0. The molecule has 0 unspecified atom stereocenters. The Morgan fingerprint density at radius 3 is 1.93 bits per heavy atom. The van der Waals surface area contributed by atoms with Crippen LogP contribution in [-0.2, 0) is 16.0 Å². The first-order valence-electron chi connectivity index (χ1n) is 9.00. The molecule has 0 radical (unpaired) electrons. The largest absolute Gasteiger partial charge is 0.442 e. The summed E-state index contributed by atoms with van der Waals surface area (Å²) in [5.41, 5.74) is 0.145. The molecule has 2 aromatic carbocycles. The van der Waals surface area contributed by atoms with Crippen LogP contribution in [0.3, 0.4) is 0 Å². The number of amides is 2. The third kappa shape index (κ3) is 4.15. The number of hydrogen-bond acceptors (Lipinski definition) is 4. The van der Waals surface area contributed by atoms with E-state index in [9.17, 15) is 9.59 Å². The molecular formula is C21H26N2O4. The second-order valence-electron chi connectivity index (χ2n) is 8.66. The molecule has 144 valence electrons. The van der Waals surface area contributed by atoms with Crippen LogP contribution in [0, 0.1) is 0 Å². The van der Waals surface area contributed by atoms with E-state index in [1.165, 1.54) is 10.0 Å². The molecule has 2 aromatic rings. The van der Waals surface area contributed by atoms with E-state index in [-0.39, 0.29) is 6.54 Å². The van der Waals surface area contributed by atoms with Crippen molar-refractivity contribution < 1.29 is 19.1 Å². The van der Waals surface area contributed by atoms with Crippen LogP contribution in [0.15, 0.2) is 36.4 Å². The van der Waals surface area contributed by atoms with Crippen LogP contribution in [-0.4, -0.2) is 28.4 Å². The van der Waals surface area contributed by atoms with Crippen molar-refractivity contribution in [2.75, 3.05) is 5.01 Å². The van der Waals surface area contributed by atoms with E-state index < -0.39 is 23.4 Å². The van der Waals surface area contributed by atoms with E-state index in [1.807, 2.05) is 36.4 Å². The molecule has 0 bridgehead atoms. The maximum Gasteiger partial charge on any atom is 0.434 e. The number of carbonyl (C=O) groups excluding carboxylic acids is 2. The monoisotopic (exact) mass is 370 g/mol. The van der Waals surface area contributed by atoms with Crippen molar-refractivity contribution in [2.24, 2.45) is 0 Å². The molecule has 6 nitrogen and oxygen atoms in total. The van der Waals surface area contributed by atoms with Gasteiger partial charge in [-0.3, -0.25) is 0 Å². The van der Waals surface area contributed by atoms with Crippen molar-refractivity contribution >= 4 is 28.6 Å². The first-order chi connectivity index (χ1) is 12.4. The molecule has 6 heteroatoms. The number of ether oxygens (including phenoxy) is 2. The molecule has 1 heterocycles. The van der Waals surface area contributed by atoms with E-state index >= 15 is 0 Å². The van der Waals surface area contributed by atoms with Crippen molar-refractivity contribution in [3.63, 3.8) is 0 Å². The van der Waals surface area contributed by atoms with Crippen LogP contribution in [0.25, 0.3) is 10.8 Å². The highest BCUT2D eigenvalue weighted by atomic mass is 16.6. The maximum absolute atomic E-state index is 12.9. The Morgan fingerprint density at radius 2 is 1.37 bits per heavy atom. The van der Waals surface area contributed by atoms with Gasteiger partial charge in [-0.15, -0.1) is 0 Å². The summed E-state index contributed by atoms with van der Waals surface area (Å²) in [5, 5.41) is 4.60. The highest BCUT2D eigenvalue weighted by Gasteiger charge is 2.40. The molecule has 0 atom stereocenters. The van der Waals surface area contributed by atoms with Gasteiger partial charge in [0.15, 0.2) is 0 Å². The zero-order valence-corrected chi connectivity index (χ0v) is 16.7. The first-order valence-corrected chi connectivity index (χ1v) is 9.00. The second kappa shape index (κ2) is 6.44. The molecule has 1 aliphatic heterocycles. The van der Waals surface area contributed by atoms with Gasteiger partial charge in [-0.05, 0) is 64.4 Å². The minimum Gasteiger partial charge on any atom is -0.442 e. The fourth-order valence-corrected chi connectivity index (χ4v) is 2.92. The van der Waals surface area contributed by atoms with Crippen LogP contribution in [0.1, 0.15) is 47.1 Å². The maximum atomic E-state index is 12.9. The van der Waals surface area contributed by atoms with Gasteiger partial charge in [0.2, 0.25) is 0 Å². The Morgan fingerprint density at radius 1 is 0.852 bits per heavy atom. The molecule has 0 fully saturated rings.